The summed E-state index contributed by atoms with van der Waals surface area (Å²) in [5.41, 5.74) is 1.16. The van der Waals surface area contributed by atoms with Crippen molar-refractivity contribution in [1.29, 1.82) is 0 Å². The number of hydrogen-bond acceptors (Lipinski definition) is 2. The van der Waals surface area contributed by atoms with Gasteiger partial charge >= 0.3 is 0 Å². The maximum Gasteiger partial charge on any atom is 0.170 e. The minimum absolute atomic E-state index is 0.731. The molecule has 0 aromatic heterocycles. The normalized spacial score (nSPS) is 9.40. The molecule has 1 aromatic carbocycles. The highest BCUT2D eigenvalue weighted by Crippen LogP contribution is 2.13. The van der Waals surface area contributed by atoms with E-state index >= 15 is 0 Å². The Bertz CT molecular complexity index is 213. The molecule has 10 heavy (non-hydrogen) atoms. The Morgan fingerprint density at radius 3 is 2.80 bits per heavy atom. The van der Waals surface area contributed by atoms with Gasteiger partial charge in [0, 0.05) is 0 Å². The first-order valence-corrected chi connectivity index (χ1v) is 3.73. The fourth-order valence-corrected chi connectivity index (χ4v) is 0.911. The Hall–Kier alpha value is -0.290. The van der Waals surface area contributed by atoms with Crippen molar-refractivity contribution >= 4 is 23.0 Å². The second-order valence-electron chi connectivity index (χ2n) is 1.96. The minimum Gasteiger partial charge on any atom is -0.327 e. The third-order valence-electron chi connectivity index (χ3n) is 1.12. The van der Waals surface area contributed by atoms with Crippen LogP contribution < -0.4 is 4.89 Å². The highest BCUT2D eigenvalue weighted by Gasteiger charge is 1.91. The van der Waals surface area contributed by atoms with E-state index in [1.165, 1.54) is 0 Å². The molecule has 0 aliphatic heterocycles. The lowest BCUT2D eigenvalue weighted by atomic mass is 10.2. The molecule has 0 saturated heterocycles. The molecule has 0 fully saturated rings. The first kappa shape index (κ1) is 7.81. The van der Waals surface area contributed by atoms with Crippen molar-refractivity contribution < 1.29 is 8.10 Å². The van der Waals surface area contributed by atoms with Crippen LogP contribution in [-0.4, -0.2) is 0 Å². The molecule has 0 aliphatic carbocycles. The van der Waals surface area contributed by atoms with Gasteiger partial charge in [0.1, 0.15) is 0 Å². The molecule has 0 heterocycles. The lowest BCUT2D eigenvalue weighted by Gasteiger charge is -1.98. The maximum absolute atomic E-state index is 4.77. The zero-order chi connectivity index (χ0) is 7.40. The summed E-state index contributed by atoms with van der Waals surface area (Å²) < 4.78 is 4.45. The summed E-state index contributed by atoms with van der Waals surface area (Å²) in [4.78, 5) is 4.77. The summed E-state index contributed by atoms with van der Waals surface area (Å²) in [5.74, 6) is 0.731. The number of aryl methyl sites for hydroxylation is 1. The van der Waals surface area contributed by atoms with E-state index in [4.69, 9.17) is 4.89 Å². The van der Waals surface area contributed by atoms with Gasteiger partial charge < -0.3 is 4.89 Å². The molecule has 0 bridgehead atoms. The molecular weight excluding hydrogens is 243 g/mol. The SMILES string of the molecule is Cc1cccc(OOI)c1. The van der Waals surface area contributed by atoms with Crippen LogP contribution in [0.5, 0.6) is 5.75 Å². The van der Waals surface area contributed by atoms with Crippen molar-refractivity contribution in [2.24, 2.45) is 0 Å². The van der Waals surface area contributed by atoms with E-state index in [2.05, 4.69) is 3.22 Å². The van der Waals surface area contributed by atoms with Crippen LogP contribution in [0.3, 0.4) is 0 Å². The predicted molar refractivity (Wildman–Crippen MR) is 46.9 cm³/mol. The summed E-state index contributed by atoms with van der Waals surface area (Å²) in [6, 6.07) is 7.66. The smallest absolute Gasteiger partial charge is 0.170 e. The van der Waals surface area contributed by atoms with Crippen LogP contribution >= 0.6 is 23.0 Å². The van der Waals surface area contributed by atoms with Crippen molar-refractivity contribution in [3.8, 4) is 5.75 Å². The highest BCUT2D eigenvalue weighted by atomic mass is 127. The molecule has 0 spiro atoms. The Balaban J connectivity index is 2.75. The van der Waals surface area contributed by atoms with Gasteiger partial charge in [-0.3, -0.25) is 0 Å². The van der Waals surface area contributed by atoms with E-state index < -0.39 is 0 Å². The Kier molecular flexibility index (Phi) is 2.95. The van der Waals surface area contributed by atoms with Gasteiger partial charge in [0.2, 0.25) is 0 Å². The Labute approximate surface area is 73.8 Å². The Morgan fingerprint density at radius 1 is 1.40 bits per heavy atom. The molecule has 3 heteroatoms. The zero-order valence-corrected chi connectivity index (χ0v) is 7.66. The van der Waals surface area contributed by atoms with Gasteiger partial charge in [0.25, 0.3) is 0 Å². The second-order valence-corrected chi connectivity index (χ2v) is 2.32. The van der Waals surface area contributed by atoms with Gasteiger partial charge in [0.15, 0.2) is 28.8 Å². The molecule has 0 N–H and O–H groups in total. The summed E-state index contributed by atoms with van der Waals surface area (Å²) in [6.07, 6.45) is 0. The number of benzene rings is 1. The van der Waals surface area contributed by atoms with Gasteiger partial charge in [0.05, 0.1) is 0 Å². The van der Waals surface area contributed by atoms with Crippen molar-refractivity contribution in [3.05, 3.63) is 29.8 Å². The van der Waals surface area contributed by atoms with Crippen molar-refractivity contribution in [2.75, 3.05) is 0 Å². The molecule has 0 saturated carbocycles. The molecule has 1 rings (SSSR count). The monoisotopic (exact) mass is 250 g/mol. The van der Waals surface area contributed by atoms with Gasteiger partial charge in [-0.15, -0.1) is 3.22 Å². The van der Waals surface area contributed by atoms with E-state index in [-0.39, 0.29) is 0 Å². The fourth-order valence-electron chi connectivity index (χ4n) is 0.704. The second kappa shape index (κ2) is 3.78. The first-order valence-electron chi connectivity index (χ1n) is 2.85. The van der Waals surface area contributed by atoms with E-state index in [0.717, 1.165) is 11.3 Å². The molecule has 0 atom stereocenters. The van der Waals surface area contributed by atoms with Crippen LogP contribution in [0.4, 0.5) is 0 Å². The average molecular weight is 250 g/mol. The minimum atomic E-state index is 0.731. The van der Waals surface area contributed by atoms with Gasteiger partial charge in [-0.05, 0) is 24.6 Å². The molecule has 0 aliphatic rings. The van der Waals surface area contributed by atoms with E-state index in [1.807, 2.05) is 31.2 Å². The molecular formula is C7H7IO2. The van der Waals surface area contributed by atoms with Crippen LogP contribution in [-0.2, 0) is 3.22 Å². The Morgan fingerprint density at radius 2 is 2.20 bits per heavy atom. The third kappa shape index (κ3) is 2.15. The number of halogens is 1. The molecule has 0 unspecified atom stereocenters. The quantitative estimate of drug-likeness (QED) is 0.456. The van der Waals surface area contributed by atoms with Crippen molar-refractivity contribution in [2.45, 2.75) is 6.92 Å². The molecule has 54 valence electrons. The summed E-state index contributed by atoms with van der Waals surface area (Å²) in [7, 11) is 0. The highest BCUT2D eigenvalue weighted by molar-refractivity contribution is 14.1. The number of hydrogen-bond donors (Lipinski definition) is 0. The topological polar surface area (TPSA) is 18.5 Å². The largest absolute Gasteiger partial charge is 0.327 e. The van der Waals surface area contributed by atoms with Crippen molar-refractivity contribution in [1.82, 2.24) is 0 Å². The van der Waals surface area contributed by atoms with Crippen LogP contribution in [0.15, 0.2) is 24.3 Å². The fraction of sp³-hybridized carbons (Fsp3) is 0.143. The van der Waals surface area contributed by atoms with Crippen LogP contribution in [0.2, 0.25) is 0 Å². The summed E-state index contributed by atoms with van der Waals surface area (Å²) >= 11 is 1.68. The molecule has 0 amide bonds. The average Bonchev–Trinajstić information content (AvgIpc) is 1.88. The van der Waals surface area contributed by atoms with E-state index in [9.17, 15) is 0 Å². The zero-order valence-electron chi connectivity index (χ0n) is 5.50. The van der Waals surface area contributed by atoms with Crippen LogP contribution in [0, 0.1) is 6.92 Å². The number of rotatable bonds is 2. The standard InChI is InChI=1S/C7H7IO2/c1-6-3-2-4-7(5-6)9-10-8/h2-5H,1H3. The lowest BCUT2D eigenvalue weighted by molar-refractivity contribution is -0.0472. The van der Waals surface area contributed by atoms with Crippen LogP contribution in [0.1, 0.15) is 5.56 Å². The summed E-state index contributed by atoms with van der Waals surface area (Å²) in [6.45, 7) is 2.00. The molecule has 2 nitrogen and oxygen atoms in total. The third-order valence-corrected chi connectivity index (χ3v) is 1.30. The van der Waals surface area contributed by atoms with Crippen molar-refractivity contribution in [3.63, 3.8) is 0 Å². The van der Waals surface area contributed by atoms with Gasteiger partial charge in [-0.1, -0.05) is 12.1 Å². The van der Waals surface area contributed by atoms with Gasteiger partial charge in [-0.2, -0.15) is 0 Å². The maximum atomic E-state index is 4.77. The molecule has 0 radical (unpaired) electrons. The van der Waals surface area contributed by atoms with Gasteiger partial charge in [-0.25, -0.2) is 0 Å². The van der Waals surface area contributed by atoms with Crippen LogP contribution in [0.25, 0.3) is 0 Å². The lowest BCUT2D eigenvalue weighted by Crippen LogP contribution is -1.84. The summed E-state index contributed by atoms with van der Waals surface area (Å²) in [5, 5.41) is 0. The van der Waals surface area contributed by atoms with E-state index in [0.29, 0.717) is 0 Å². The first-order chi connectivity index (χ1) is 4.83. The van der Waals surface area contributed by atoms with E-state index in [1.54, 1.807) is 23.0 Å². The molecule has 1 aromatic rings. The predicted octanol–water partition coefficient (Wildman–Crippen LogP) is 2.66.